The zero-order valence-electron chi connectivity index (χ0n) is 16.7. The molecule has 1 aliphatic heterocycles. The number of likely N-dealkylation sites (tertiary alicyclic amines) is 1. The van der Waals surface area contributed by atoms with Crippen molar-refractivity contribution in [2.45, 2.75) is 78.7 Å². The minimum Gasteiger partial charge on any atom is -0.364 e. The van der Waals surface area contributed by atoms with E-state index in [1.54, 1.807) is 0 Å². The van der Waals surface area contributed by atoms with E-state index in [2.05, 4.69) is 75.6 Å². The summed E-state index contributed by atoms with van der Waals surface area (Å²) < 4.78 is 0. The average molecular weight is 328 g/mol. The molecule has 0 saturated carbocycles. The van der Waals surface area contributed by atoms with Crippen molar-refractivity contribution in [3.8, 4) is 0 Å². The normalized spacial score (nSPS) is 17.5. The molecule has 1 fully saturated rings. The summed E-state index contributed by atoms with van der Waals surface area (Å²) in [5.41, 5.74) is 4.32. The lowest BCUT2D eigenvalue weighted by molar-refractivity contribution is 0.178. The van der Waals surface area contributed by atoms with Gasteiger partial charge < -0.3 is 4.90 Å². The highest BCUT2D eigenvalue weighted by Crippen LogP contribution is 2.40. The van der Waals surface area contributed by atoms with Crippen molar-refractivity contribution in [1.29, 1.82) is 0 Å². The summed E-state index contributed by atoms with van der Waals surface area (Å²) in [5.74, 6) is 0. The number of hydrogen-bond donors (Lipinski definition) is 0. The minimum atomic E-state index is 0.226. The fraction of sp³-hybridized carbons (Fsp3) is 0.565. The minimum absolute atomic E-state index is 0.226. The molecular weight excluding hydrogens is 290 g/mol. The smallest absolute Gasteiger partial charge is 0.0597 e. The van der Waals surface area contributed by atoms with E-state index in [9.17, 15) is 0 Å². The fourth-order valence-corrected chi connectivity index (χ4v) is 2.95. The molecular formula is C23H37N. The summed E-state index contributed by atoms with van der Waals surface area (Å²) in [5, 5.41) is 0. The van der Waals surface area contributed by atoms with Crippen LogP contribution in [0.1, 0.15) is 84.4 Å². The summed E-state index contributed by atoms with van der Waals surface area (Å²) in [4.78, 5) is 2.43. The van der Waals surface area contributed by atoms with Crippen LogP contribution in [0.25, 0.3) is 0 Å². The lowest BCUT2D eigenvalue weighted by Gasteiger charge is -2.45. The number of allylic oxidation sites excluding steroid dienone is 1. The van der Waals surface area contributed by atoms with Crippen molar-refractivity contribution in [2.75, 3.05) is 6.54 Å². The van der Waals surface area contributed by atoms with Gasteiger partial charge in [-0.1, -0.05) is 97.4 Å². The van der Waals surface area contributed by atoms with Gasteiger partial charge in [0.1, 0.15) is 0 Å². The molecule has 0 bridgehead atoms. The first kappa shape index (κ1) is 20.5. The van der Waals surface area contributed by atoms with Gasteiger partial charge in [-0.2, -0.15) is 0 Å². The third-order valence-electron chi connectivity index (χ3n) is 4.57. The van der Waals surface area contributed by atoms with Crippen LogP contribution >= 0.6 is 0 Å². The van der Waals surface area contributed by atoms with Crippen LogP contribution in [-0.2, 0) is 5.41 Å². The van der Waals surface area contributed by atoms with Gasteiger partial charge in [-0.15, -0.1) is 0 Å². The zero-order chi connectivity index (χ0) is 18.2. The zero-order valence-corrected chi connectivity index (χ0v) is 16.7. The van der Waals surface area contributed by atoms with Crippen LogP contribution in [0.3, 0.4) is 0 Å². The van der Waals surface area contributed by atoms with Gasteiger partial charge in [0, 0.05) is 18.7 Å². The van der Waals surface area contributed by atoms with Gasteiger partial charge in [-0.25, -0.2) is 0 Å². The van der Waals surface area contributed by atoms with E-state index < -0.39 is 0 Å². The first-order valence-corrected chi connectivity index (χ1v) is 9.63. The Morgan fingerprint density at radius 3 is 2.25 bits per heavy atom. The second-order valence-corrected chi connectivity index (χ2v) is 7.42. The maximum atomic E-state index is 4.18. The van der Waals surface area contributed by atoms with Crippen molar-refractivity contribution in [3.05, 3.63) is 59.8 Å². The van der Waals surface area contributed by atoms with Crippen molar-refractivity contribution in [1.82, 2.24) is 4.90 Å². The molecule has 1 nitrogen and oxygen atoms in total. The Balaban J connectivity index is 0.00000139. The molecule has 0 spiro atoms. The summed E-state index contributed by atoms with van der Waals surface area (Å²) in [6, 6.07) is 9.67. The third kappa shape index (κ3) is 5.54. The molecule has 1 heteroatoms. The predicted molar refractivity (Wildman–Crippen MR) is 108 cm³/mol. The largest absolute Gasteiger partial charge is 0.364 e. The standard InChI is InChI=1S/C21H31N.C2H6/c1-6-7-8-9-10-15-22-17(2)16-20(22)18-11-13-19(14-12-18)21(3,4)5;1-2/h9-14,20H,2,6-8,15-16H2,1,3-5H3;1-2H3/b10-9-;. The maximum absolute atomic E-state index is 4.18. The second-order valence-electron chi connectivity index (χ2n) is 7.42. The Hall–Kier alpha value is -1.50. The van der Waals surface area contributed by atoms with E-state index in [0.717, 1.165) is 13.0 Å². The van der Waals surface area contributed by atoms with Crippen LogP contribution in [0.4, 0.5) is 0 Å². The first-order valence-electron chi connectivity index (χ1n) is 9.63. The van der Waals surface area contributed by atoms with Crippen LogP contribution in [0, 0.1) is 0 Å². The lowest BCUT2D eigenvalue weighted by atomic mass is 9.84. The van der Waals surface area contributed by atoms with Gasteiger partial charge >= 0.3 is 0 Å². The summed E-state index contributed by atoms with van der Waals surface area (Å²) in [6.45, 7) is 18.2. The average Bonchev–Trinajstić information content (AvgIpc) is 2.57. The molecule has 134 valence electrons. The Bertz CT molecular complexity index is 516. The molecule has 1 atom stereocenters. The summed E-state index contributed by atoms with van der Waals surface area (Å²) in [6.07, 6.45) is 9.46. The van der Waals surface area contributed by atoms with E-state index >= 15 is 0 Å². The predicted octanol–water partition coefficient (Wildman–Crippen LogP) is 7.02. The topological polar surface area (TPSA) is 3.24 Å². The van der Waals surface area contributed by atoms with E-state index in [0.29, 0.717) is 6.04 Å². The number of benzene rings is 1. The van der Waals surface area contributed by atoms with Gasteiger partial charge in [0.15, 0.2) is 0 Å². The Kier molecular flexibility index (Phi) is 8.31. The Morgan fingerprint density at radius 1 is 1.12 bits per heavy atom. The van der Waals surface area contributed by atoms with Gasteiger partial charge in [0.2, 0.25) is 0 Å². The molecule has 24 heavy (non-hydrogen) atoms. The van der Waals surface area contributed by atoms with Crippen LogP contribution in [-0.4, -0.2) is 11.4 Å². The van der Waals surface area contributed by atoms with E-state index in [4.69, 9.17) is 0 Å². The van der Waals surface area contributed by atoms with Crippen LogP contribution in [0.15, 0.2) is 48.7 Å². The molecule has 0 amide bonds. The van der Waals surface area contributed by atoms with E-state index in [-0.39, 0.29) is 5.41 Å². The number of hydrogen-bond acceptors (Lipinski definition) is 1. The molecule has 1 aromatic rings. The van der Waals surface area contributed by atoms with Gasteiger partial charge in [0.05, 0.1) is 6.04 Å². The molecule has 2 rings (SSSR count). The SMILES string of the molecule is C=C1CC(c2ccc(C(C)(C)C)cc2)N1C/C=C\CCCC.CC. The van der Waals surface area contributed by atoms with Crippen molar-refractivity contribution >= 4 is 0 Å². The van der Waals surface area contributed by atoms with E-state index in [1.165, 1.54) is 36.1 Å². The number of nitrogens with zero attached hydrogens (tertiary/aromatic N) is 1. The Labute approximate surface area is 150 Å². The molecule has 1 aromatic carbocycles. The lowest BCUT2D eigenvalue weighted by Crippen LogP contribution is -2.38. The van der Waals surface area contributed by atoms with Crippen molar-refractivity contribution in [3.63, 3.8) is 0 Å². The van der Waals surface area contributed by atoms with Gasteiger partial charge in [-0.05, 0) is 23.0 Å². The quantitative estimate of drug-likeness (QED) is 0.401. The number of rotatable bonds is 6. The molecule has 1 saturated heterocycles. The van der Waals surface area contributed by atoms with E-state index in [1.807, 2.05) is 13.8 Å². The molecule has 0 radical (unpaired) electrons. The molecule has 1 aliphatic rings. The summed E-state index contributed by atoms with van der Waals surface area (Å²) >= 11 is 0. The fourth-order valence-electron chi connectivity index (χ4n) is 2.95. The van der Waals surface area contributed by atoms with Gasteiger partial charge in [0.25, 0.3) is 0 Å². The van der Waals surface area contributed by atoms with Crippen LogP contribution < -0.4 is 0 Å². The van der Waals surface area contributed by atoms with Crippen LogP contribution in [0.5, 0.6) is 0 Å². The monoisotopic (exact) mass is 327 g/mol. The Morgan fingerprint density at radius 2 is 1.75 bits per heavy atom. The molecule has 0 aromatic heterocycles. The highest BCUT2D eigenvalue weighted by molar-refractivity contribution is 5.33. The number of unbranched alkanes of at least 4 members (excludes halogenated alkanes) is 2. The summed E-state index contributed by atoms with van der Waals surface area (Å²) in [7, 11) is 0. The van der Waals surface area contributed by atoms with Crippen LogP contribution in [0.2, 0.25) is 0 Å². The van der Waals surface area contributed by atoms with Crippen molar-refractivity contribution < 1.29 is 0 Å². The highest BCUT2D eigenvalue weighted by atomic mass is 15.2. The second kappa shape index (κ2) is 9.71. The highest BCUT2D eigenvalue weighted by Gasteiger charge is 2.31. The first-order chi connectivity index (χ1) is 11.4. The maximum Gasteiger partial charge on any atom is 0.0597 e. The molecule has 1 unspecified atom stereocenters. The third-order valence-corrected chi connectivity index (χ3v) is 4.57. The molecule has 0 aliphatic carbocycles. The van der Waals surface area contributed by atoms with Crippen molar-refractivity contribution in [2.24, 2.45) is 0 Å². The molecule has 1 heterocycles. The van der Waals surface area contributed by atoms with Gasteiger partial charge in [-0.3, -0.25) is 0 Å². The molecule has 0 N–H and O–H groups in total.